The molecule has 0 atom stereocenters. The van der Waals surface area contributed by atoms with Gasteiger partial charge in [-0.1, -0.05) is 26.0 Å². The van der Waals surface area contributed by atoms with Gasteiger partial charge in [-0.15, -0.1) is 11.3 Å². The highest BCUT2D eigenvalue weighted by Gasteiger charge is 2.30. The van der Waals surface area contributed by atoms with Crippen LogP contribution >= 0.6 is 23.3 Å². The minimum Gasteiger partial charge on any atom is -0.491 e. The number of likely N-dealkylation sites (N-methyl/N-ethyl adjacent to an activating group) is 1. The van der Waals surface area contributed by atoms with Crippen molar-refractivity contribution in [1.82, 2.24) is 9.29 Å². The van der Waals surface area contributed by atoms with E-state index >= 15 is 0 Å². The molecule has 0 spiro atoms. The van der Waals surface area contributed by atoms with E-state index in [0.29, 0.717) is 23.2 Å². The lowest BCUT2D eigenvalue weighted by molar-refractivity contribution is -0.113. The van der Waals surface area contributed by atoms with E-state index in [1.165, 1.54) is 23.3 Å². The molecule has 6 nitrogen and oxygen atoms in total. The molecule has 0 aliphatic carbocycles. The first-order chi connectivity index (χ1) is 13.5. The topological polar surface area (TPSA) is 63.7 Å². The number of fused-ring (bicyclic) bond motifs is 1. The summed E-state index contributed by atoms with van der Waals surface area (Å²) in [6.07, 6.45) is 1.74. The van der Waals surface area contributed by atoms with Gasteiger partial charge >= 0.3 is 0 Å². The van der Waals surface area contributed by atoms with Crippen molar-refractivity contribution in [2.75, 3.05) is 33.2 Å². The molecule has 28 heavy (non-hydrogen) atoms. The van der Waals surface area contributed by atoms with E-state index in [4.69, 9.17) is 4.74 Å². The molecule has 0 fully saturated rings. The van der Waals surface area contributed by atoms with Crippen LogP contribution in [0, 0.1) is 6.92 Å². The van der Waals surface area contributed by atoms with Crippen LogP contribution in [0.5, 0.6) is 0 Å². The smallest absolute Gasteiger partial charge is 0.278 e. The molecule has 2 aromatic rings. The molecule has 0 saturated heterocycles. The molecule has 0 radical (unpaired) electrons. The van der Waals surface area contributed by atoms with E-state index in [9.17, 15) is 4.79 Å². The number of carbonyl (C=O) groups is 1. The van der Waals surface area contributed by atoms with Crippen molar-refractivity contribution in [2.24, 2.45) is 0 Å². The lowest BCUT2D eigenvalue weighted by Crippen LogP contribution is -2.28. The number of hydrogen-bond donors (Lipinski definition) is 1. The Morgan fingerprint density at radius 1 is 1.25 bits per heavy atom. The van der Waals surface area contributed by atoms with Crippen LogP contribution in [-0.4, -0.2) is 43.1 Å². The van der Waals surface area contributed by atoms with Crippen molar-refractivity contribution in [1.29, 1.82) is 0 Å². The number of anilines is 1. The second kappa shape index (κ2) is 12.4. The lowest BCUT2D eigenvalue weighted by Gasteiger charge is -2.29. The van der Waals surface area contributed by atoms with Gasteiger partial charge in [0.2, 0.25) is 0 Å². The number of amides is 1. The van der Waals surface area contributed by atoms with Crippen LogP contribution in [0.15, 0.2) is 41.1 Å². The predicted octanol–water partition coefficient (Wildman–Crippen LogP) is 5.04. The number of benzene rings is 1. The Kier molecular flexibility index (Phi) is 10.7. The molecule has 1 aliphatic rings. The number of carbonyl (C=O) groups excluding carboxylic acids is 1. The second-order valence-corrected chi connectivity index (χ2v) is 7.74. The van der Waals surface area contributed by atoms with Crippen molar-refractivity contribution in [2.45, 2.75) is 32.6 Å². The van der Waals surface area contributed by atoms with Crippen LogP contribution in [0.25, 0.3) is 5.76 Å². The maximum absolute atomic E-state index is 12.7. The Morgan fingerprint density at radius 3 is 2.46 bits per heavy atom. The van der Waals surface area contributed by atoms with Crippen molar-refractivity contribution in [3.63, 3.8) is 0 Å². The predicted molar refractivity (Wildman–Crippen MR) is 118 cm³/mol. The van der Waals surface area contributed by atoms with E-state index in [1.807, 2.05) is 63.3 Å². The summed E-state index contributed by atoms with van der Waals surface area (Å²) in [6.45, 7) is 8.36. The second-order valence-electron chi connectivity index (χ2n) is 5.33. The Hall–Kier alpha value is -2.03. The van der Waals surface area contributed by atoms with Crippen LogP contribution < -0.4 is 5.32 Å². The maximum Gasteiger partial charge on any atom is 0.278 e. The number of nitrogens with zero attached hydrogens (tertiary/aromatic N) is 2. The zero-order valence-electron chi connectivity index (χ0n) is 17.5. The quantitative estimate of drug-likeness (QED) is 0.696. The van der Waals surface area contributed by atoms with Gasteiger partial charge in [-0.05, 0) is 37.9 Å². The normalized spacial score (nSPS) is 12.2. The molecule has 1 aliphatic heterocycles. The summed E-state index contributed by atoms with van der Waals surface area (Å²) < 4.78 is 11.9. The molecule has 0 bridgehead atoms. The van der Waals surface area contributed by atoms with Gasteiger partial charge in [0.25, 0.3) is 5.91 Å². The van der Waals surface area contributed by atoms with Gasteiger partial charge in [0.1, 0.15) is 0 Å². The van der Waals surface area contributed by atoms with Gasteiger partial charge < -0.3 is 13.8 Å². The first-order valence-electron chi connectivity index (χ1n) is 9.03. The zero-order valence-corrected chi connectivity index (χ0v) is 19.2. The van der Waals surface area contributed by atoms with Gasteiger partial charge in [-0.25, -0.2) is 4.98 Å². The Balaban J connectivity index is 0.000000717. The fraction of sp³-hybridized carbons (Fsp3) is 0.400. The Morgan fingerprint density at radius 2 is 1.89 bits per heavy atom. The molecule has 0 saturated carbocycles. The third-order valence-corrected chi connectivity index (χ3v) is 5.08. The number of aromatic nitrogens is 1. The van der Waals surface area contributed by atoms with Gasteiger partial charge in [-0.3, -0.25) is 10.1 Å². The van der Waals surface area contributed by atoms with E-state index in [-0.39, 0.29) is 5.91 Å². The number of hydrogen-bond acceptors (Lipinski definition) is 7. The highest BCUT2D eigenvalue weighted by Crippen LogP contribution is 2.40. The SMILES string of the molecule is CC.CCOC1=C(C(=O)Nc2ncc(C)s2)N(C)Sc2ccccc21.COC. The van der Waals surface area contributed by atoms with Crippen LogP contribution in [-0.2, 0) is 14.3 Å². The summed E-state index contributed by atoms with van der Waals surface area (Å²) in [5.41, 5.74) is 1.45. The number of ether oxygens (including phenoxy) is 2. The van der Waals surface area contributed by atoms with Gasteiger partial charge in [0.15, 0.2) is 16.6 Å². The number of nitrogens with one attached hydrogen (secondary N) is 1. The van der Waals surface area contributed by atoms with E-state index in [2.05, 4.69) is 15.0 Å². The highest BCUT2D eigenvalue weighted by molar-refractivity contribution is 7.97. The molecule has 3 rings (SSSR count). The average Bonchev–Trinajstić information content (AvgIpc) is 3.08. The summed E-state index contributed by atoms with van der Waals surface area (Å²) in [7, 11) is 5.11. The molecular formula is C20H29N3O3S2. The first-order valence-corrected chi connectivity index (χ1v) is 10.6. The molecular weight excluding hydrogens is 394 g/mol. The molecule has 2 heterocycles. The molecule has 1 aromatic carbocycles. The summed E-state index contributed by atoms with van der Waals surface area (Å²) >= 11 is 2.96. The summed E-state index contributed by atoms with van der Waals surface area (Å²) in [5, 5.41) is 3.45. The van der Waals surface area contributed by atoms with Crippen molar-refractivity contribution < 1.29 is 14.3 Å². The van der Waals surface area contributed by atoms with Crippen LogP contribution in [0.1, 0.15) is 31.2 Å². The third kappa shape index (κ3) is 6.25. The maximum atomic E-state index is 12.7. The minimum absolute atomic E-state index is 0.215. The molecule has 1 N–H and O–H groups in total. The largest absolute Gasteiger partial charge is 0.491 e. The molecule has 1 aromatic heterocycles. The van der Waals surface area contributed by atoms with Crippen LogP contribution in [0.4, 0.5) is 5.13 Å². The van der Waals surface area contributed by atoms with Gasteiger partial charge in [-0.2, -0.15) is 0 Å². The van der Waals surface area contributed by atoms with E-state index in [0.717, 1.165) is 15.3 Å². The first kappa shape index (κ1) is 24.0. The fourth-order valence-corrected chi connectivity index (χ4v) is 3.91. The molecule has 0 unspecified atom stereocenters. The Labute approximate surface area is 176 Å². The number of methoxy groups -OCH3 is 1. The van der Waals surface area contributed by atoms with Crippen LogP contribution in [0.2, 0.25) is 0 Å². The van der Waals surface area contributed by atoms with Crippen LogP contribution in [0.3, 0.4) is 0 Å². The van der Waals surface area contributed by atoms with E-state index < -0.39 is 0 Å². The third-order valence-electron chi connectivity index (χ3n) is 3.24. The summed E-state index contributed by atoms with van der Waals surface area (Å²) in [4.78, 5) is 19.1. The van der Waals surface area contributed by atoms with Crippen molar-refractivity contribution >= 4 is 40.1 Å². The number of aryl methyl sites for hydroxylation is 1. The lowest BCUT2D eigenvalue weighted by atomic mass is 10.1. The van der Waals surface area contributed by atoms with Gasteiger partial charge in [0.05, 0.1) is 6.61 Å². The fourth-order valence-electron chi connectivity index (χ4n) is 2.30. The highest BCUT2D eigenvalue weighted by atomic mass is 32.2. The average molecular weight is 424 g/mol. The zero-order chi connectivity index (χ0) is 21.1. The van der Waals surface area contributed by atoms with Crippen molar-refractivity contribution in [3.8, 4) is 0 Å². The molecule has 8 heteroatoms. The molecule has 154 valence electrons. The summed E-state index contributed by atoms with van der Waals surface area (Å²) in [5.74, 6) is 0.391. The monoisotopic (exact) mass is 423 g/mol. The standard InChI is InChI=1S/C16H17N3O2S2.C2H6O.C2H6/c1-4-21-14-11-7-5-6-8-12(11)23-19(3)13(14)15(20)18-16-17-9-10(2)22-16;1-3-2;1-2/h5-9H,4H2,1-3H3,(H,17,18,20);1-2H3;1-2H3. The Bertz CT molecular complexity index is 791. The summed E-state index contributed by atoms with van der Waals surface area (Å²) in [6, 6.07) is 7.92. The number of thiazole rings is 1. The van der Waals surface area contributed by atoms with Crippen molar-refractivity contribution in [3.05, 3.63) is 46.6 Å². The van der Waals surface area contributed by atoms with E-state index in [1.54, 1.807) is 20.4 Å². The minimum atomic E-state index is -0.215. The van der Waals surface area contributed by atoms with Gasteiger partial charge in [0, 0.05) is 42.8 Å². The molecule has 1 amide bonds. The number of rotatable bonds is 4.